The molecule has 0 radical (unpaired) electrons. The largest absolute Gasteiger partial charge is 0.394 e. The van der Waals surface area contributed by atoms with E-state index in [-0.39, 0.29) is 12.1 Å². The summed E-state index contributed by atoms with van der Waals surface area (Å²) in [6.07, 6.45) is 4.35. The second-order valence-corrected chi connectivity index (χ2v) is 5.59. The molecule has 18 heavy (non-hydrogen) atoms. The van der Waals surface area contributed by atoms with Crippen LogP contribution >= 0.6 is 0 Å². The highest BCUT2D eigenvalue weighted by Crippen LogP contribution is 2.35. The van der Waals surface area contributed by atoms with Crippen LogP contribution in [-0.4, -0.2) is 33.6 Å². The van der Waals surface area contributed by atoms with Crippen molar-refractivity contribution in [2.24, 2.45) is 0 Å². The summed E-state index contributed by atoms with van der Waals surface area (Å²) in [5.74, 6) is 0. The van der Waals surface area contributed by atoms with Gasteiger partial charge < -0.3 is 10.4 Å². The lowest BCUT2D eigenvalue weighted by Gasteiger charge is -2.40. The molecule has 0 aliphatic heterocycles. The van der Waals surface area contributed by atoms with Gasteiger partial charge in [-0.2, -0.15) is 5.10 Å². The number of likely N-dealkylation sites (N-methyl/N-ethyl adjacent to an activating group) is 1. The molecule has 1 aromatic rings. The van der Waals surface area contributed by atoms with Crippen LogP contribution in [-0.2, 0) is 0 Å². The summed E-state index contributed by atoms with van der Waals surface area (Å²) >= 11 is 0. The highest BCUT2D eigenvalue weighted by Gasteiger charge is 2.36. The summed E-state index contributed by atoms with van der Waals surface area (Å²) in [5.41, 5.74) is 2.20. The minimum atomic E-state index is -0.107. The van der Waals surface area contributed by atoms with Gasteiger partial charge in [-0.3, -0.25) is 4.68 Å². The van der Waals surface area contributed by atoms with Crippen molar-refractivity contribution in [3.63, 3.8) is 0 Å². The van der Waals surface area contributed by atoms with Crippen LogP contribution in [0.4, 0.5) is 0 Å². The maximum Gasteiger partial charge on any atom is 0.0614 e. The van der Waals surface area contributed by atoms with Gasteiger partial charge in [0.05, 0.1) is 18.3 Å². The van der Waals surface area contributed by atoms with E-state index in [0.717, 1.165) is 37.9 Å². The highest BCUT2D eigenvalue weighted by atomic mass is 16.3. The van der Waals surface area contributed by atoms with Crippen LogP contribution in [0.25, 0.3) is 0 Å². The Morgan fingerprint density at radius 3 is 2.89 bits per heavy atom. The van der Waals surface area contributed by atoms with Crippen molar-refractivity contribution in [2.75, 3.05) is 13.2 Å². The average Bonchev–Trinajstić information content (AvgIpc) is 2.69. The van der Waals surface area contributed by atoms with Crippen molar-refractivity contribution < 1.29 is 5.11 Å². The van der Waals surface area contributed by atoms with Gasteiger partial charge in [0.2, 0.25) is 0 Å². The van der Waals surface area contributed by atoms with Crippen molar-refractivity contribution >= 4 is 0 Å². The molecule has 0 aromatic carbocycles. The van der Waals surface area contributed by atoms with Gasteiger partial charge in [0.25, 0.3) is 0 Å². The van der Waals surface area contributed by atoms with Gasteiger partial charge in [-0.1, -0.05) is 6.92 Å². The van der Waals surface area contributed by atoms with E-state index in [1.807, 2.05) is 6.92 Å². The summed E-state index contributed by atoms with van der Waals surface area (Å²) < 4.78 is 2.15. The van der Waals surface area contributed by atoms with E-state index in [1.165, 1.54) is 5.69 Å². The zero-order valence-corrected chi connectivity index (χ0v) is 11.7. The Balaban J connectivity index is 2.17. The molecule has 0 spiro atoms. The first-order chi connectivity index (χ1) is 8.60. The molecule has 0 saturated heterocycles. The maximum atomic E-state index is 9.72. The first kappa shape index (κ1) is 13.6. The lowest BCUT2D eigenvalue weighted by Crippen LogP contribution is -2.52. The van der Waals surface area contributed by atoms with E-state index in [4.69, 9.17) is 0 Å². The first-order valence-corrected chi connectivity index (χ1v) is 6.99. The molecule has 1 aliphatic carbocycles. The molecule has 1 fully saturated rings. The molecular formula is C14H25N3O. The van der Waals surface area contributed by atoms with Crippen LogP contribution in [0.3, 0.4) is 0 Å². The summed E-state index contributed by atoms with van der Waals surface area (Å²) in [5, 5.41) is 17.8. The molecule has 2 unspecified atom stereocenters. The fourth-order valence-electron chi connectivity index (χ4n) is 3.29. The second-order valence-electron chi connectivity index (χ2n) is 5.59. The van der Waals surface area contributed by atoms with Crippen molar-refractivity contribution in [3.8, 4) is 0 Å². The fraction of sp³-hybridized carbons (Fsp3) is 0.786. The zero-order valence-electron chi connectivity index (χ0n) is 11.7. The molecule has 2 N–H and O–H groups in total. The lowest BCUT2D eigenvalue weighted by atomic mass is 9.79. The van der Waals surface area contributed by atoms with E-state index in [1.54, 1.807) is 0 Å². The van der Waals surface area contributed by atoms with Crippen LogP contribution in [0.5, 0.6) is 0 Å². The molecular weight excluding hydrogens is 226 g/mol. The Morgan fingerprint density at radius 2 is 2.33 bits per heavy atom. The van der Waals surface area contributed by atoms with Gasteiger partial charge in [0.15, 0.2) is 0 Å². The van der Waals surface area contributed by atoms with E-state index in [0.29, 0.717) is 6.04 Å². The minimum absolute atomic E-state index is 0.107. The molecule has 0 bridgehead atoms. The van der Waals surface area contributed by atoms with Crippen LogP contribution in [0.2, 0.25) is 0 Å². The number of nitrogens with one attached hydrogen (secondary N) is 1. The van der Waals surface area contributed by atoms with Gasteiger partial charge in [-0.05, 0) is 52.1 Å². The molecule has 2 atom stereocenters. The SMILES string of the molecule is CCNC1(CO)CCCC(n2nc(C)cc2C)C1. The summed E-state index contributed by atoms with van der Waals surface area (Å²) in [6.45, 7) is 7.38. The average molecular weight is 251 g/mol. The quantitative estimate of drug-likeness (QED) is 0.860. The predicted molar refractivity (Wildman–Crippen MR) is 72.7 cm³/mol. The predicted octanol–water partition coefficient (Wildman–Crippen LogP) is 1.96. The van der Waals surface area contributed by atoms with Gasteiger partial charge in [0, 0.05) is 11.2 Å². The standard InChI is InChI=1S/C14H25N3O/c1-4-15-14(10-18)7-5-6-13(9-14)17-12(3)8-11(2)16-17/h8,13,15,18H,4-7,9-10H2,1-3H3. The molecule has 1 heterocycles. The zero-order chi connectivity index (χ0) is 13.2. The third kappa shape index (κ3) is 2.59. The fourth-order valence-corrected chi connectivity index (χ4v) is 3.29. The van der Waals surface area contributed by atoms with Crippen molar-refractivity contribution in [1.29, 1.82) is 0 Å². The van der Waals surface area contributed by atoms with Crippen molar-refractivity contribution in [1.82, 2.24) is 15.1 Å². The normalized spacial score (nSPS) is 28.6. The number of aliphatic hydroxyl groups excluding tert-OH is 1. The molecule has 1 aliphatic rings. The number of rotatable bonds is 4. The van der Waals surface area contributed by atoms with Gasteiger partial charge in [-0.25, -0.2) is 0 Å². The summed E-state index contributed by atoms with van der Waals surface area (Å²) in [7, 11) is 0. The molecule has 102 valence electrons. The second kappa shape index (κ2) is 5.41. The van der Waals surface area contributed by atoms with Gasteiger partial charge in [0.1, 0.15) is 0 Å². The molecule has 2 rings (SSSR count). The monoisotopic (exact) mass is 251 g/mol. The van der Waals surface area contributed by atoms with Crippen molar-refractivity contribution in [2.45, 2.75) is 58.0 Å². The number of aromatic nitrogens is 2. The van der Waals surface area contributed by atoms with Crippen LogP contribution in [0, 0.1) is 13.8 Å². The first-order valence-electron chi connectivity index (χ1n) is 6.99. The summed E-state index contributed by atoms with van der Waals surface area (Å²) in [4.78, 5) is 0. The Labute approximate surface area is 109 Å². The van der Waals surface area contributed by atoms with Gasteiger partial charge in [-0.15, -0.1) is 0 Å². The topological polar surface area (TPSA) is 50.1 Å². The molecule has 1 saturated carbocycles. The Bertz CT molecular complexity index is 398. The third-order valence-electron chi connectivity index (χ3n) is 4.06. The molecule has 4 nitrogen and oxygen atoms in total. The minimum Gasteiger partial charge on any atom is -0.394 e. The number of hydrogen-bond acceptors (Lipinski definition) is 3. The van der Waals surface area contributed by atoms with E-state index < -0.39 is 0 Å². The number of aliphatic hydroxyl groups is 1. The number of nitrogens with zero attached hydrogens (tertiary/aromatic N) is 2. The number of aryl methyl sites for hydroxylation is 2. The Morgan fingerprint density at radius 1 is 1.56 bits per heavy atom. The molecule has 4 heteroatoms. The molecule has 0 amide bonds. The smallest absolute Gasteiger partial charge is 0.0614 e. The van der Waals surface area contributed by atoms with Crippen LogP contribution < -0.4 is 5.32 Å². The van der Waals surface area contributed by atoms with Crippen LogP contribution in [0.1, 0.15) is 50.0 Å². The van der Waals surface area contributed by atoms with Gasteiger partial charge >= 0.3 is 0 Å². The van der Waals surface area contributed by atoms with Crippen molar-refractivity contribution in [3.05, 3.63) is 17.5 Å². The van der Waals surface area contributed by atoms with E-state index >= 15 is 0 Å². The summed E-state index contributed by atoms with van der Waals surface area (Å²) in [6, 6.07) is 2.54. The molecule has 1 aromatic heterocycles. The lowest BCUT2D eigenvalue weighted by molar-refractivity contribution is 0.0954. The Kier molecular flexibility index (Phi) is 4.07. The number of hydrogen-bond donors (Lipinski definition) is 2. The van der Waals surface area contributed by atoms with Crippen LogP contribution in [0.15, 0.2) is 6.07 Å². The van der Waals surface area contributed by atoms with E-state index in [9.17, 15) is 5.11 Å². The Hall–Kier alpha value is -0.870. The highest BCUT2D eigenvalue weighted by molar-refractivity contribution is 5.09. The van der Waals surface area contributed by atoms with E-state index in [2.05, 4.69) is 35.0 Å². The third-order valence-corrected chi connectivity index (χ3v) is 4.06. The maximum absolute atomic E-state index is 9.72.